The Hall–Kier alpha value is -2.47. The molecule has 5 nitrogen and oxygen atoms in total. The second kappa shape index (κ2) is 8.11. The number of rotatable bonds is 5. The zero-order valence-corrected chi connectivity index (χ0v) is 18.0. The van der Waals surface area contributed by atoms with Crippen molar-refractivity contribution in [2.45, 2.75) is 53.0 Å². The predicted molar refractivity (Wildman–Crippen MR) is 116 cm³/mol. The normalized spacial score (nSPS) is 16.0. The topological polar surface area (TPSA) is 61.2 Å². The number of aromatic nitrogens is 2. The van der Waals surface area contributed by atoms with E-state index < -0.39 is 0 Å². The highest BCUT2D eigenvalue weighted by molar-refractivity contribution is 7.18. The molecular weight excluding hydrogens is 384 g/mol. The summed E-state index contributed by atoms with van der Waals surface area (Å²) < 4.78 is 6.92. The molecule has 1 aliphatic rings. The number of ether oxygens (including phenoxy) is 1. The minimum absolute atomic E-state index is 0.0472. The maximum Gasteiger partial charge on any atom is 0.338 e. The summed E-state index contributed by atoms with van der Waals surface area (Å²) >= 11 is 1.68. The SMILES string of the molecule is CCCOC(=O)c1ccc(Cn2c(C)nc3sc4c(c3c2=O)CCC(C)C4)cc1. The summed E-state index contributed by atoms with van der Waals surface area (Å²) in [5, 5.41) is 0.808. The van der Waals surface area contributed by atoms with E-state index in [9.17, 15) is 9.59 Å². The Morgan fingerprint density at radius 1 is 1.31 bits per heavy atom. The lowest BCUT2D eigenvalue weighted by atomic mass is 9.89. The van der Waals surface area contributed by atoms with Crippen LogP contribution in [0.5, 0.6) is 0 Å². The Morgan fingerprint density at radius 2 is 2.07 bits per heavy atom. The zero-order chi connectivity index (χ0) is 20.5. The minimum atomic E-state index is -0.311. The Labute approximate surface area is 174 Å². The summed E-state index contributed by atoms with van der Waals surface area (Å²) in [5.41, 5.74) is 2.75. The molecule has 0 bridgehead atoms. The fourth-order valence-corrected chi connectivity index (χ4v) is 5.34. The highest BCUT2D eigenvalue weighted by Gasteiger charge is 2.24. The monoisotopic (exact) mass is 410 g/mol. The lowest BCUT2D eigenvalue weighted by Crippen LogP contribution is -2.25. The van der Waals surface area contributed by atoms with Gasteiger partial charge in [-0.15, -0.1) is 11.3 Å². The van der Waals surface area contributed by atoms with Gasteiger partial charge in [0.25, 0.3) is 5.56 Å². The number of fused-ring (bicyclic) bond motifs is 3. The minimum Gasteiger partial charge on any atom is -0.462 e. The lowest BCUT2D eigenvalue weighted by Gasteiger charge is -2.17. The molecule has 2 aromatic heterocycles. The first kappa shape index (κ1) is 19.8. The van der Waals surface area contributed by atoms with E-state index in [0.717, 1.165) is 47.3 Å². The molecule has 0 saturated heterocycles. The molecule has 3 aromatic rings. The first-order chi connectivity index (χ1) is 14.0. The van der Waals surface area contributed by atoms with Gasteiger partial charge in [0.2, 0.25) is 0 Å². The molecule has 0 N–H and O–H groups in total. The third-order valence-corrected chi connectivity index (χ3v) is 6.72. The van der Waals surface area contributed by atoms with Gasteiger partial charge >= 0.3 is 5.97 Å². The number of hydrogen-bond donors (Lipinski definition) is 0. The molecule has 1 aromatic carbocycles. The van der Waals surface area contributed by atoms with E-state index in [1.165, 1.54) is 10.4 Å². The Bertz CT molecular complexity index is 1110. The molecule has 0 aliphatic heterocycles. The van der Waals surface area contributed by atoms with Crippen molar-refractivity contribution in [3.8, 4) is 0 Å². The predicted octanol–water partition coefficient (Wildman–Crippen LogP) is 4.51. The van der Waals surface area contributed by atoms with Gasteiger partial charge < -0.3 is 4.74 Å². The van der Waals surface area contributed by atoms with E-state index in [0.29, 0.717) is 24.6 Å². The van der Waals surface area contributed by atoms with Crippen molar-refractivity contribution in [1.29, 1.82) is 0 Å². The molecule has 1 atom stereocenters. The summed E-state index contributed by atoms with van der Waals surface area (Å²) in [6.45, 7) is 6.99. The summed E-state index contributed by atoms with van der Waals surface area (Å²) in [6.07, 6.45) is 3.93. The average molecular weight is 411 g/mol. The fraction of sp³-hybridized carbons (Fsp3) is 0.435. The average Bonchev–Trinajstić information content (AvgIpc) is 3.06. The van der Waals surface area contributed by atoms with Gasteiger partial charge in [0.05, 0.1) is 24.1 Å². The van der Waals surface area contributed by atoms with Crippen LogP contribution in [0.1, 0.15) is 58.9 Å². The van der Waals surface area contributed by atoms with Crippen LogP contribution >= 0.6 is 11.3 Å². The van der Waals surface area contributed by atoms with E-state index in [1.54, 1.807) is 28.0 Å². The van der Waals surface area contributed by atoms with Gasteiger partial charge in [-0.25, -0.2) is 9.78 Å². The number of hydrogen-bond acceptors (Lipinski definition) is 5. The largest absolute Gasteiger partial charge is 0.462 e. The highest BCUT2D eigenvalue weighted by atomic mass is 32.1. The Morgan fingerprint density at radius 3 is 2.79 bits per heavy atom. The maximum absolute atomic E-state index is 13.3. The molecule has 0 fully saturated rings. The fourth-order valence-electron chi connectivity index (χ4n) is 3.92. The second-order valence-electron chi connectivity index (χ2n) is 7.92. The van der Waals surface area contributed by atoms with Crippen LogP contribution in [0, 0.1) is 12.8 Å². The van der Waals surface area contributed by atoms with Crippen LogP contribution in [0.15, 0.2) is 29.1 Å². The molecule has 152 valence electrons. The molecular formula is C23H26N2O3S. The van der Waals surface area contributed by atoms with Gasteiger partial charge in [-0.1, -0.05) is 26.0 Å². The van der Waals surface area contributed by atoms with Gasteiger partial charge in [0.1, 0.15) is 10.7 Å². The first-order valence-electron chi connectivity index (χ1n) is 10.3. The third kappa shape index (κ3) is 3.86. The van der Waals surface area contributed by atoms with Crippen LogP contribution in [0.2, 0.25) is 0 Å². The number of nitrogens with zero attached hydrogens (tertiary/aromatic N) is 2. The second-order valence-corrected chi connectivity index (χ2v) is 9.00. The van der Waals surface area contributed by atoms with Crippen molar-refractivity contribution in [3.63, 3.8) is 0 Å². The lowest BCUT2D eigenvalue weighted by molar-refractivity contribution is 0.0505. The molecule has 2 heterocycles. The smallest absolute Gasteiger partial charge is 0.338 e. The van der Waals surface area contributed by atoms with Gasteiger partial charge in [-0.3, -0.25) is 9.36 Å². The summed E-state index contributed by atoms with van der Waals surface area (Å²) in [7, 11) is 0. The van der Waals surface area contributed by atoms with E-state index in [-0.39, 0.29) is 11.5 Å². The van der Waals surface area contributed by atoms with Crippen LogP contribution in [0.4, 0.5) is 0 Å². The Kier molecular flexibility index (Phi) is 5.54. The molecule has 4 rings (SSSR count). The van der Waals surface area contributed by atoms with Gasteiger partial charge in [0.15, 0.2) is 0 Å². The summed E-state index contributed by atoms with van der Waals surface area (Å²) in [5.74, 6) is 1.08. The quantitative estimate of drug-likeness (QED) is 0.581. The van der Waals surface area contributed by atoms with Crippen molar-refractivity contribution in [2.24, 2.45) is 5.92 Å². The van der Waals surface area contributed by atoms with Crippen molar-refractivity contribution in [1.82, 2.24) is 9.55 Å². The van der Waals surface area contributed by atoms with E-state index in [4.69, 9.17) is 9.72 Å². The number of thiophene rings is 1. The van der Waals surface area contributed by atoms with Crippen LogP contribution in [-0.4, -0.2) is 22.1 Å². The molecule has 29 heavy (non-hydrogen) atoms. The molecule has 0 radical (unpaired) electrons. The van der Waals surface area contributed by atoms with Crippen molar-refractivity contribution in [3.05, 3.63) is 62.0 Å². The van der Waals surface area contributed by atoms with Crippen LogP contribution in [0.25, 0.3) is 10.2 Å². The number of carbonyl (C=O) groups is 1. The van der Waals surface area contributed by atoms with Crippen molar-refractivity contribution >= 4 is 27.5 Å². The van der Waals surface area contributed by atoms with Gasteiger partial charge in [-0.05, 0) is 61.8 Å². The third-order valence-electron chi connectivity index (χ3n) is 5.57. The molecule has 1 unspecified atom stereocenters. The van der Waals surface area contributed by atoms with Crippen LogP contribution in [0.3, 0.4) is 0 Å². The van der Waals surface area contributed by atoms with E-state index in [2.05, 4.69) is 6.92 Å². The van der Waals surface area contributed by atoms with E-state index >= 15 is 0 Å². The molecule has 0 spiro atoms. The maximum atomic E-state index is 13.3. The number of esters is 1. The number of aryl methyl sites for hydroxylation is 2. The molecule has 0 saturated carbocycles. The summed E-state index contributed by atoms with van der Waals surface area (Å²) in [6, 6.07) is 7.27. The van der Waals surface area contributed by atoms with E-state index in [1.807, 2.05) is 26.0 Å². The van der Waals surface area contributed by atoms with Crippen molar-refractivity contribution in [2.75, 3.05) is 6.61 Å². The van der Waals surface area contributed by atoms with Gasteiger partial charge in [-0.2, -0.15) is 0 Å². The number of benzene rings is 1. The molecule has 6 heteroatoms. The first-order valence-corrected chi connectivity index (χ1v) is 11.1. The summed E-state index contributed by atoms with van der Waals surface area (Å²) in [4.78, 5) is 32.2. The molecule has 1 aliphatic carbocycles. The zero-order valence-electron chi connectivity index (χ0n) is 17.2. The van der Waals surface area contributed by atoms with Crippen LogP contribution < -0.4 is 5.56 Å². The van der Waals surface area contributed by atoms with Gasteiger partial charge in [0, 0.05) is 4.88 Å². The molecule has 0 amide bonds. The van der Waals surface area contributed by atoms with Crippen LogP contribution in [-0.2, 0) is 24.1 Å². The van der Waals surface area contributed by atoms with Crippen molar-refractivity contribution < 1.29 is 9.53 Å². The Balaban J connectivity index is 1.64. The number of carbonyl (C=O) groups excluding carboxylic acids is 1. The standard InChI is InChI=1S/C23H26N2O3S/c1-4-11-28-23(27)17-8-6-16(7-9-17)13-25-15(3)24-21-20(22(25)26)18-10-5-14(2)12-19(18)29-21/h6-9,14H,4-5,10-13H2,1-3H3. The highest BCUT2D eigenvalue weighted by Crippen LogP contribution is 2.35.